The van der Waals surface area contributed by atoms with Gasteiger partial charge in [0.25, 0.3) is 23.4 Å². The first-order valence-corrected chi connectivity index (χ1v) is 14.1. The molecule has 1 aliphatic heterocycles. The van der Waals surface area contributed by atoms with E-state index in [2.05, 4.69) is 15.7 Å². The number of nitrogens with one attached hydrogen (secondary N) is 2. The Morgan fingerprint density at radius 3 is 2.33 bits per heavy atom. The summed E-state index contributed by atoms with van der Waals surface area (Å²) in [6.07, 6.45) is -4.71. The van der Waals surface area contributed by atoms with Crippen LogP contribution in [0.15, 0.2) is 78.9 Å². The lowest BCUT2D eigenvalue weighted by atomic mass is 9.80. The number of halogens is 6. The standard InChI is InChI=1S/C31H25ClF5N5O3/c1-2-41-29-24(22(16-38-28(44)26(32)34)40-42(29)21-9-4-3-5-10-21)23(17-11-13-20(33)14-12-17)25(30(41)45)39-27(43)18-7-6-8-19(15-18)31(35,36)37/h3-15,23,25-26H,2,16H2,1H3,(H,38,44)(H,39,43)/t23-,25-,26?/m0/s1. The number of hydrogen-bond donors (Lipinski definition) is 2. The molecule has 0 radical (unpaired) electrons. The van der Waals surface area contributed by atoms with Crippen molar-refractivity contribution in [2.45, 2.75) is 37.2 Å². The molecule has 1 aliphatic rings. The van der Waals surface area contributed by atoms with Crippen LogP contribution in [0.5, 0.6) is 0 Å². The maximum Gasteiger partial charge on any atom is 0.416 e. The molecular weight excluding hydrogens is 621 g/mol. The van der Waals surface area contributed by atoms with Crippen molar-refractivity contribution in [3.8, 4) is 5.69 Å². The second-order valence-electron chi connectivity index (χ2n) is 10.1. The van der Waals surface area contributed by atoms with Crippen molar-refractivity contribution in [3.05, 3.63) is 113 Å². The van der Waals surface area contributed by atoms with Crippen LogP contribution < -0.4 is 15.5 Å². The van der Waals surface area contributed by atoms with E-state index < -0.39 is 52.9 Å². The number of para-hydroxylation sites is 1. The summed E-state index contributed by atoms with van der Waals surface area (Å²) < 4.78 is 69.3. The van der Waals surface area contributed by atoms with Gasteiger partial charge in [0, 0.05) is 23.6 Å². The predicted molar refractivity (Wildman–Crippen MR) is 155 cm³/mol. The molecule has 8 nitrogen and oxygen atoms in total. The van der Waals surface area contributed by atoms with Gasteiger partial charge in [0.2, 0.25) is 0 Å². The highest BCUT2D eigenvalue weighted by molar-refractivity contribution is 6.29. The number of anilines is 1. The highest BCUT2D eigenvalue weighted by atomic mass is 35.5. The fourth-order valence-electron chi connectivity index (χ4n) is 5.29. The lowest BCUT2D eigenvalue weighted by Crippen LogP contribution is -2.55. The van der Waals surface area contributed by atoms with Gasteiger partial charge in [0.15, 0.2) is 0 Å². The zero-order chi connectivity index (χ0) is 32.5. The average molecular weight is 646 g/mol. The van der Waals surface area contributed by atoms with E-state index in [-0.39, 0.29) is 30.2 Å². The lowest BCUT2D eigenvalue weighted by molar-refractivity contribution is -0.137. The second-order valence-corrected chi connectivity index (χ2v) is 10.5. The van der Waals surface area contributed by atoms with E-state index in [0.717, 1.165) is 24.3 Å². The normalized spacial score (nSPS) is 17.0. The molecule has 5 rings (SSSR count). The molecule has 1 unspecified atom stereocenters. The third-order valence-corrected chi connectivity index (χ3v) is 7.52. The molecular formula is C31H25ClF5N5O3. The topological polar surface area (TPSA) is 96.3 Å². The monoisotopic (exact) mass is 645 g/mol. The molecule has 0 aliphatic carbocycles. The lowest BCUT2D eigenvalue weighted by Gasteiger charge is -2.38. The number of aromatic nitrogens is 2. The molecule has 2 heterocycles. The van der Waals surface area contributed by atoms with E-state index in [9.17, 15) is 36.3 Å². The number of carbonyl (C=O) groups excluding carboxylic acids is 3. The van der Waals surface area contributed by atoms with Crippen molar-refractivity contribution in [2.24, 2.45) is 0 Å². The molecule has 234 valence electrons. The maximum atomic E-state index is 14.2. The highest BCUT2D eigenvalue weighted by Gasteiger charge is 2.46. The van der Waals surface area contributed by atoms with Crippen molar-refractivity contribution < 1.29 is 36.3 Å². The van der Waals surface area contributed by atoms with Gasteiger partial charge in [-0.25, -0.2) is 13.5 Å². The number of rotatable bonds is 8. The zero-order valence-corrected chi connectivity index (χ0v) is 24.2. The van der Waals surface area contributed by atoms with Crippen LogP contribution >= 0.6 is 11.6 Å². The summed E-state index contributed by atoms with van der Waals surface area (Å²) in [5.74, 6) is -4.07. The van der Waals surface area contributed by atoms with Crippen molar-refractivity contribution in [1.82, 2.24) is 20.4 Å². The van der Waals surface area contributed by atoms with Crippen LogP contribution in [0.1, 0.15) is 45.6 Å². The Morgan fingerprint density at radius 1 is 1.02 bits per heavy atom. The molecule has 0 fully saturated rings. The van der Waals surface area contributed by atoms with Crippen LogP contribution in [0.4, 0.5) is 27.8 Å². The first-order valence-electron chi connectivity index (χ1n) is 13.7. The first kappa shape index (κ1) is 31.6. The van der Waals surface area contributed by atoms with Crippen LogP contribution in [0.25, 0.3) is 5.69 Å². The maximum absolute atomic E-state index is 14.2. The fourth-order valence-corrected chi connectivity index (χ4v) is 5.37. The Morgan fingerprint density at radius 2 is 1.71 bits per heavy atom. The summed E-state index contributed by atoms with van der Waals surface area (Å²) in [6.45, 7) is 1.42. The number of carbonyl (C=O) groups is 3. The Labute approximate surface area is 258 Å². The van der Waals surface area contributed by atoms with E-state index in [4.69, 9.17) is 11.6 Å². The Hall–Kier alpha value is -4.78. The molecule has 14 heteroatoms. The summed E-state index contributed by atoms with van der Waals surface area (Å²) >= 11 is 5.31. The van der Waals surface area contributed by atoms with E-state index in [0.29, 0.717) is 22.9 Å². The largest absolute Gasteiger partial charge is 0.416 e. The molecule has 3 aromatic carbocycles. The number of amides is 3. The molecule has 4 aromatic rings. The van der Waals surface area contributed by atoms with Crippen molar-refractivity contribution in [1.29, 1.82) is 0 Å². The summed E-state index contributed by atoms with van der Waals surface area (Å²) in [6, 6.07) is 16.1. The molecule has 1 aromatic heterocycles. The number of nitrogens with zero attached hydrogens (tertiary/aromatic N) is 3. The molecule has 3 atom stereocenters. The fraction of sp³-hybridized carbons (Fsp3) is 0.226. The quantitative estimate of drug-likeness (QED) is 0.196. The zero-order valence-electron chi connectivity index (χ0n) is 23.5. The second kappa shape index (κ2) is 12.7. The molecule has 0 spiro atoms. The number of alkyl halides is 5. The SMILES string of the molecule is CCN1C(=O)[C@@H](NC(=O)c2cccc(C(F)(F)F)c2)[C@@H](c2ccc(F)cc2)c2c(CNC(=O)C(F)Cl)nn(-c3ccccc3)c21. The van der Waals surface area contributed by atoms with Gasteiger partial charge in [-0.05, 0) is 55.0 Å². The number of fused-ring (bicyclic) bond motifs is 1. The van der Waals surface area contributed by atoms with Crippen molar-refractivity contribution in [2.75, 3.05) is 11.4 Å². The summed E-state index contributed by atoms with van der Waals surface area (Å²) in [4.78, 5) is 41.1. The molecule has 2 N–H and O–H groups in total. The van der Waals surface area contributed by atoms with Gasteiger partial charge in [-0.15, -0.1) is 0 Å². The Balaban J connectivity index is 1.69. The molecule has 0 saturated carbocycles. The van der Waals surface area contributed by atoms with Gasteiger partial charge < -0.3 is 10.6 Å². The third-order valence-electron chi connectivity index (χ3n) is 7.32. The van der Waals surface area contributed by atoms with E-state index >= 15 is 0 Å². The molecule has 3 amide bonds. The first-order chi connectivity index (χ1) is 21.4. The Bertz CT molecular complexity index is 1730. The molecule has 0 saturated heterocycles. The van der Waals surface area contributed by atoms with Crippen LogP contribution in [0.2, 0.25) is 0 Å². The van der Waals surface area contributed by atoms with E-state index in [1.807, 2.05) is 0 Å². The van der Waals surface area contributed by atoms with Gasteiger partial charge in [-0.2, -0.15) is 18.3 Å². The van der Waals surface area contributed by atoms with E-state index in [1.165, 1.54) is 27.8 Å². The van der Waals surface area contributed by atoms with Gasteiger partial charge in [-0.1, -0.05) is 48.0 Å². The van der Waals surface area contributed by atoms with Crippen LogP contribution in [0.3, 0.4) is 0 Å². The Kier molecular flexibility index (Phi) is 8.91. The highest BCUT2D eigenvalue weighted by Crippen LogP contribution is 2.44. The minimum absolute atomic E-state index is 0.0798. The van der Waals surface area contributed by atoms with E-state index in [1.54, 1.807) is 37.3 Å². The predicted octanol–water partition coefficient (Wildman–Crippen LogP) is 5.48. The third kappa shape index (κ3) is 6.39. The van der Waals surface area contributed by atoms with Crippen LogP contribution in [0, 0.1) is 5.82 Å². The van der Waals surface area contributed by atoms with Crippen molar-refractivity contribution in [3.63, 3.8) is 0 Å². The summed E-state index contributed by atoms with van der Waals surface area (Å²) in [5, 5.41) is 9.62. The minimum atomic E-state index is -4.71. The van der Waals surface area contributed by atoms with Crippen molar-refractivity contribution >= 4 is 35.1 Å². The summed E-state index contributed by atoms with van der Waals surface area (Å²) in [5.41, 5.74) is -2.33. The minimum Gasteiger partial charge on any atom is -0.347 e. The van der Waals surface area contributed by atoms with Crippen LogP contribution in [-0.4, -0.2) is 45.7 Å². The summed E-state index contributed by atoms with van der Waals surface area (Å²) in [7, 11) is 0. The smallest absolute Gasteiger partial charge is 0.347 e. The molecule has 45 heavy (non-hydrogen) atoms. The number of hydrogen-bond acceptors (Lipinski definition) is 4. The van der Waals surface area contributed by atoms with Gasteiger partial charge >= 0.3 is 6.18 Å². The number of likely N-dealkylation sites (N-methyl/N-ethyl adjacent to an activating group) is 1. The molecule has 0 bridgehead atoms. The van der Waals surface area contributed by atoms with Gasteiger partial charge in [0.05, 0.1) is 23.5 Å². The van der Waals surface area contributed by atoms with Gasteiger partial charge in [-0.3, -0.25) is 19.3 Å². The number of benzene rings is 3. The average Bonchev–Trinajstić information content (AvgIpc) is 3.39. The van der Waals surface area contributed by atoms with Crippen LogP contribution in [-0.2, 0) is 22.3 Å². The van der Waals surface area contributed by atoms with Gasteiger partial charge in [0.1, 0.15) is 17.7 Å².